The first-order chi connectivity index (χ1) is 19.9. The number of hydrogen-bond donors (Lipinski definition) is 1. The second kappa shape index (κ2) is 12.0. The van der Waals surface area contributed by atoms with Crippen molar-refractivity contribution in [2.24, 2.45) is 5.41 Å². The zero-order chi connectivity index (χ0) is 29.0. The van der Waals surface area contributed by atoms with E-state index in [1.807, 2.05) is 36.9 Å². The van der Waals surface area contributed by atoms with Crippen LogP contribution in [-0.2, 0) is 11.3 Å². The van der Waals surface area contributed by atoms with E-state index in [0.717, 1.165) is 54.9 Å². The summed E-state index contributed by atoms with van der Waals surface area (Å²) in [7, 11) is 0. The smallest absolute Gasteiger partial charge is 0.335 e. The minimum absolute atomic E-state index is 0.0725. The number of anilines is 1. The third-order valence-electron chi connectivity index (χ3n) is 8.11. The van der Waals surface area contributed by atoms with E-state index in [-0.39, 0.29) is 16.9 Å². The number of piperidine rings is 1. The van der Waals surface area contributed by atoms with Gasteiger partial charge in [0.15, 0.2) is 0 Å². The second-order valence-electron chi connectivity index (χ2n) is 10.8. The molecular weight excluding hydrogens is 518 g/mol. The average Bonchev–Trinajstić information content (AvgIpc) is 3.30. The Bertz CT molecular complexity index is 1440. The van der Waals surface area contributed by atoms with Crippen molar-refractivity contribution in [1.29, 1.82) is 5.26 Å². The van der Waals surface area contributed by atoms with Crippen LogP contribution < -0.4 is 14.4 Å². The molecule has 2 fully saturated rings. The number of nitriles is 1. The predicted octanol–water partition coefficient (Wildman–Crippen LogP) is 5.74. The van der Waals surface area contributed by atoms with Crippen LogP contribution in [0.5, 0.6) is 11.5 Å². The highest BCUT2D eigenvalue weighted by molar-refractivity contribution is 5.97. The fourth-order valence-electron chi connectivity index (χ4n) is 6.03. The second-order valence-corrected chi connectivity index (χ2v) is 10.8. The summed E-state index contributed by atoms with van der Waals surface area (Å²) >= 11 is 0. The van der Waals surface area contributed by atoms with Gasteiger partial charge < -0.3 is 19.5 Å². The lowest BCUT2D eigenvalue weighted by atomic mass is 9.77. The van der Waals surface area contributed by atoms with Gasteiger partial charge in [-0.1, -0.05) is 18.2 Å². The SMILES string of the molecule is CCOc1cc(CN2CCC3(CC2)CC(=O)N(c2ccc(C(=O)O)cc2)C3)cc(OCC)c1-c1ccccc1C#N. The van der Waals surface area contributed by atoms with Gasteiger partial charge in [0, 0.05) is 30.8 Å². The fraction of sp³-hybridized carbons (Fsp3) is 0.364. The number of carboxylic acid groups (broad SMARTS) is 1. The highest BCUT2D eigenvalue weighted by Gasteiger charge is 2.45. The van der Waals surface area contributed by atoms with Crippen LogP contribution in [0, 0.1) is 16.7 Å². The van der Waals surface area contributed by atoms with Crippen molar-refractivity contribution in [3.05, 3.63) is 77.4 Å². The number of amides is 1. The van der Waals surface area contributed by atoms with Crippen LogP contribution in [-0.4, -0.2) is 54.7 Å². The molecule has 1 N–H and O–H groups in total. The minimum Gasteiger partial charge on any atom is -0.493 e. The lowest BCUT2D eigenvalue weighted by Gasteiger charge is -2.39. The average molecular weight is 554 g/mol. The number of carbonyl (C=O) groups is 2. The molecule has 0 atom stereocenters. The molecule has 5 rings (SSSR count). The predicted molar refractivity (Wildman–Crippen MR) is 156 cm³/mol. The third-order valence-corrected chi connectivity index (χ3v) is 8.11. The molecule has 1 spiro atoms. The zero-order valence-corrected chi connectivity index (χ0v) is 23.6. The molecule has 3 aromatic rings. The van der Waals surface area contributed by atoms with E-state index in [2.05, 4.69) is 23.1 Å². The Labute approximate surface area is 240 Å². The van der Waals surface area contributed by atoms with Crippen molar-refractivity contribution in [3.8, 4) is 28.7 Å². The summed E-state index contributed by atoms with van der Waals surface area (Å²) in [5.74, 6) is 0.528. The third kappa shape index (κ3) is 5.91. The van der Waals surface area contributed by atoms with Gasteiger partial charge in [-0.2, -0.15) is 5.26 Å². The van der Waals surface area contributed by atoms with Crippen LogP contribution >= 0.6 is 0 Å². The van der Waals surface area contributed by atoms with E-state index < -0.39 is 5.97 Å². The number of rotatable bonds is 9. The number of aromatic carboxylic acids is 1. The quantitative estimate of drug-likeness (QED) is 0.360. The van der Waals surface area contributed by atoms with Crippen LogP contribution in [0.4, 0.5) is 5.69 Å². The molecule has 0 bridgehead atoms. The van der Waals surface area contributed by atoms with E-state index in [1.54, 1.807) is 30.3 Å². The summed E-state index contributed by atoms with van der Waals surface area (Å²) in [4.78, 5) is 28.4. The minimum atomic E-state index is -0.975. The standard InChI is InChI=1S/C33H35N3O5/c1-3-40-28-17-23(18-29(41-4-2)31(28)27-8-6-5-7-25(27)20-34)21-35-15-13-33(14-16-35)19-30(37)36(22-33)26-11-9-24(10-12-26)32(38)39/h5-12,17-18H,3-4,13-16,19,21-22H2,1-2H3,(H,38,39). The van der Waals surface area contributed by atoms with Crippen molar-refractivity contribution in [2.45, 2.75) is 39.7 Å². The van der Waals surface area contributed by atoms with Crippen molar-refractivity contribution < 1.29 is 24.2 Å². The maximum Gasteiger partial charge on any atom is 0.335 e. The lowest BCUT2D eigenvalue weighted by molar-refractivity contribution is -0.118. The molecule has 0 aliphatic carbocycles. The number of hydrogen-bond acceptors (Lipinski definition) is 6. The van der Waals surface area contributed by atoms with E-state index in [4.69, 9.17) is 9.47 Å². The van der Waals surface area contributed by atoms with Gasteiger partial charge in [0.2, 0.25) is 5.91 Å². The highest BCUT2D eigenvalue weighted by atomic mass is 16.5. The Morgan fingerprint density at radius 3 is 2.22 bits per heavy atom. The monoisotopic (exact) mass is 553 g/mol. The van der Waals surface area contributed by atoms with Gasteiger partial charge in [0.25, 0.3) is 0 Å². The maximum atomic E-state index is 13.0. The van der Waals surface area contributed by atoms with Crippen molar-refractivity contribution in [2.75, 3.05) is 37.7 Å². The van der Waals surface area contributed by atoms with E-state index >= 15 is 0 Å². The fourth-order valence-corrected chi connectivity index (χ4v) is 6.03. The molecule has 8 heteroatoms. The van der Waals surface area contributed by atoms with Gasteiger partial charge in [0.1, 0.15) is 11.5 Å². The van der Waals surface area contributed by atoms with Crippen LogP contribution in [0.2, 0.25) is 0 Å². The molecule has 1 amide bonds. The van der Waals surface area contributed by atoms with Gasteiger partial charge in [-0.15, -0.1) is 0 Å². The lowest BCUT2D eigenvalue weighted by Crippen LogP contribution is -2.41. The molecule has 2 aliphatic rings. The number of ether oxygens (including phenoxy) is 2. The van der Waals surface area contributed by atoms with E-state index in [0.29, 0.717) is 43.2 Å². The Morgan fingerprint density at radius 2 is 1.63 bits per heavy atom. The summed E-state index contributed by atoms with van der Waals surface area (Å²) < 4.78 is 12.2. The molecule has 3 aromatic carbocycles. The molecule has 8 nitrogen and oxygen atoms in total. The molecule has 2 aliphatic heterocycles. The Hall–Kier alpha value is -4.35. The van der Waals surface area contributed by atoms with Crippen molar-refractivity contribution in [3.63, 3.8) is 0 Å². The largest absolute Gasteiger partial charge is 0.493 e. The van der Waals surface area contributed by atoms with Crippen molar-refractivity contribution in [1.82, 2.24) is 4.90 Å². The topological polar surface area (TPSA) is 103 Å². The summed E-state index contributed by atoms with van der Waals surface area (Å²) in [6.07, 6.45) is 2.33. The normalized spacial score (nSPS) is 16.5. The Kier molecular flexibility index (Phi) is 8.27. The van der Waals surface area contributed by atoms with Gasteiger partial charge in [-0.3, -0.25) is 9.69 Å². The maximum absolute atomic E-state index is 13.0. The molecule has 212 valence electrons. The molecular formula is C33H35N3O5. The molecule has 2 saturated heterocycles. The summed E-state index contributed by atoms with van der Waals surface area (Å²) in [6, 6.07) is 20.5. The summed E-state index contributed by atoms with van der Waals surface area (Å²) in [5, 5.41) is 18.9. The van der Waals surface area contributed by atoms with E-state index in [1.165, 1.54) is 0 Å². The van der Waals surface area contributed by atoms with Gasteiger partial charge in [-0.25, -0.2) is 4.79 Å². The van der Waals surface area contributed by atoms with Gasteiger partial charge >= 0.3 is 5.97 Å². The van der Waals surface area contributed by atoms with Crippen LogP contribution in [0.3, 0.4) is 0 Å². The first-order valence-electron chi connectivity index (χ1n) is 14.1. The summed E-state index contributed by atoms with van der Waals surface area (Å²) in [5.41, 5.74) is 4.14. The van der Waals surface area contributed by atoms with Crippen molar-refractivity contribution >= 4 is 17.6 Å². The van der Waals surface area contributed by atoms with Gasteiger partial charge in [-0.05, 0) is 93.2 Å². The molecule has 0 saturated carbocycles. The Balaban J connectivity index is 1.32. The van der Waals surface area contributed by atoms with Crippen LogP contribution in [0.15, 0.2) is 60.7 Å². The first-order valence-corrected chi connectivity index (χ1v) is 14.1. The van der Waals surface area contributed by atoms with E-state index in [9.17, 15) is 20.0 Å². The molecule has 0 aromatic heterocycles. The number of carboxylic acids is 1. The number of benzene rings is 3. The molecule has 0 radical (unpaired) electrons. The number of nitrogens with zero attached hydrogens (tertiary/aromatic N) is 3. The first kappa shape index (κ1) is 28.2. The highest BCUT2D eigenvalue weighted by Crippen LogP contribution is 2.44. The number of carbonyl (C=O) groups excluding carboxylic acids is 1. The zero-order valence-electron chi connectivity index (χ0n) is 23.6. The van der Waals surface area contributed by atoms with Crippen LogP contribution in [0.25, 0.3) is 11.1 Å². The molecule has 0 unspecified atom stereocenters. The van der Waals surface area contributed by atoms with Gasteiger partial charge in [0.05, 0.1) is 36.0 Å². The number of likely N-dealkylation sites (tertiary alicyclic amines) is 1. The Morgan fingerprint density at radius 1 is 1.00 bits per heavy atom. The summed E-state index contributed by atoms with van der Waals surface area (Å²) in [6.45, 7) is 8.00. The van der Waals surface area contributed by atoms with Crippen LogP contribution in [0.1, 0.15) is 54.6 Å². The molecule has 41 heavy (non-hydrogen) atoms. The molecule has 2 heterocycles.